The molecule has 0 spiro atoms. The summed E-state index contributed by atoms with van der Waals surface area (Å²) in [5.41, 5.74) is 2.37. The molecule has 0 amide bonds. The van der Waals surface area contributed by atoms with E-state index < -0.39 is 0 Å². The van der Waals surface area contributed by atoms with Crippen molar-refractivity contribution in [1.29, 1.82) is 0 Å². The molecule has 0 saturated carbocycles. The third-order valence-electron chi connectivity index (χ3n) is 3.08. The standard InChI is InChI=1S/C16H18O2/c1-2-18-16(17)12-9-13-7-10-15(11-8-13)14-5-3-4-6-14/h3,5,7-12,14H,2,4,6H2,1H3/b12-9+. The Hall–Kier alpha value is -1.83. The molecule has 2 heteroatoms. The fourth-order valence-electron chi connectivity index (χ4n) is 2.12. The van der Waals surface area contributed by atoms with Gasteiger partial charge in [0, 0.05) is 12.0 Å². The Labute approximate surface area is 108 Å². The molecular weight excluding hydrogens is 224 g/mol. The van der Waals surface area contributed by atoms with Gasteiger partial charge in [0.1, 0.15) is 0 Å². The summed E-state index contributed by atoms with van der Waals surface area (Å²) in [6.07, 6.45) is 10.1. The van der Waals surface area contributed by atoms with Gasteiger partial charge in [-0.15, -0.1) is 0 Å². The normalized spacial score (nSPS) is 18.4. The summed E-state index contributed by atoms with van der Waals surface area (Å²) in [6, 6.07) is 8.34. The largest absolute Gasteiger partial charge is 0.463 e. The molecule has 0 N–H and O–H groups in total. The lowest BCUT2D eigenvalue weighted by Gasteiger charge is -2.07. The summed E-state index contributed by atoms with van der Waals surface area (Å²) >= 11 is 0. The molecular formula is C16H18O2. The second kappa shape index (κ2) is 6.20. The van der Waals surface area contributed by atoms with E-state index in [-0.39, 0.29) is 5.97 Å². The molecule has 2 nitrogen and oxygen atoms in total. The maximum atomic E-state index is 11.2. The van der Waals surface area contributed by atoms with Crippen LogP contribution in [0.1, 0.15) is 36.8 Å². The molecule has 1 unspecified atom stereocenters. The van der Waals surface area contributed by atoms with Gasteiger partial charge < -0.3 is 4.74 Å². The average molecular weight is 242 g/mol. The first-order chi connectivity index (χ1) is 8.79. The van der Waals surface area contributed by atoms with Gasteiger partial charge in [-0.3, -0.25) is 0 Å². The molecule has 1 aliphatic rings. The Balaban J connectivity index is 1.99. The highest BCUT2D eigenvalue weighted by Gasteiger charge is 2.10. The Bertz CT molecular complexity index is 454. The van der Waals surface area contributed by atoms with Crippen molar-refractivity contribution >= 4 is 12.0 Å². The molecule has 2 rings (SSSR count). The second-order valence-corrected chi connectivity index (χ2v) is 4.36. The minimum atomic E-state index is -0.291. The van der Waals surface area contributed by atoms with Crippen molar-refractivity contribution in [3.05, 3.63) is 53.6 Å². The quantitative estimate of drug-likeness (QED) is 0.457. The number of esters is 1. The molecule has 1 aliphatic carbocycles. The minimum absolute atomic E-state index is 0.291. The zero-order valence-corrected chi connectivity index (χ0v) is 10.6. The first-order valence-corrected chi connectivity index (χ1v) is 6.41. The van der Waals surface area contributed by atoms with Crippen LogP contribution in [0, 0.1) is 0 Å². The lowest BCUT2D eigenvalue weighted by Crippen LogP contribution is -1.98. The smallest absolute Gasteiger partial charge is 0.330 e. The zero-order chi connectivity index (χ0) is 12.8. The van der Waals surface area contributed by atoms with E-state index in [0.29, 0.717) is 12.5 Å². The Morgan fingerprint density at radius 3 is 2.78 bits per heavy atom. The Morgan fingerprint density at radius 2 is 2.17 bits per heavy atom. The van der Waals surface area contributed by atoms with Crippen LogP contribution in [0.25, 0.3) is 6.08 Å². The fraction of sp³-hybridized carbons (Fsp3) is 0.312. The molecule has 0 aromatic heterocycles. The van der Waals surface area contributed by atoms with Crippen molar-refractivity contribution in [3.63, 3.8) is 0 Å². The third-order valence-corrected chi connectivity index (χ3v) is 3.08. The summed E-state index contributed by atoms with van der Waals surface area (Å²) in [5, 5.41) is 0. The fourth-order valence-corrected chi connectivity index (χ4v) is 2.12. The van der Waals surface area contributed by atoms with Crippen LogP contribution < -0.4 is 0 Å². The Morgan fingerprint density at radius 1 is 1.39 bits per heavy atom. The van der Waals surface area contributed by atoms with Gasteiger partial charge in [-0.1, -0.05) is 36.4 Å². The van der Waals surface area contributed by atoms with Crippen molar-refractivity contribution in [2.45, 2.75) is 25.7 Å². The summed E-state index contributed by atoms with van der Waals surface area (Å²) < 4.78 is 4.83. The van der Waals surface area contributed by atoms with Crippen LogP contribution in [-0.4, -0.2) is 12.6 Å². The lowest BCUT2D eigenvalue weighted by atomic mass is 9.97. The van der Waals surface area contributed by atoms with Gasteiger partial charge in [0.25, 0.3) is 0 Å². The van der Waals surface area contributed by atoms with E-state index >= 15 is 0 Å². The Kier molecular flexibility index (Phi) is 4.35. The van der Waals surface area contributed by atoms with E-state index in [2.05, 4.69) is 24.3 Å². The summed E-state index contributed by atoms with van der Waals surface area (Å²) in [5.74, 6) is 0.272. The van der Waals surface area contributed by atoms with Gasteiger partial charge in [0.15, 0.2) is 0 Å². The third kappa shape index (κ3) is 3.33. The van der Waals surface area contributed by atoms with Crippen LogP contribution in [0.2, 0.25) is 0 Å². The molecule has 0 heterocycles. The SMILES string of the molecule is CCOC(=O)/C=C/c1ccc(C2C=CCC2)cc1. The molecule has 1 aromatic carbocycles. The molecule has 0 aliphatic heterocycles. The topological polar surface area (TPSA) is 26.3 Å². The van der Waals surface area contributed by atoms with E-state index in [1.165, 1.54) is 24.5 Å². The summed E-state index contributed by atoms with van der Waals surface area (Å²) in [4.78, 5) is 11.2. The molecule has 1 atom stereocenters. The van der Waals surface area contributed by atoms with Crippen LogP contribution in [0.4, 0.5) is 0 Å². The van der Waals surface area contributed by atoms with Crippen molar-refractivity contribution in [3.8, 4) is 0 Å². The molecule has 1 aromatic rings. The first kappa shape index (κ1) is 12.6. The molecule has 0 bridgehead atoms. The number of hydrogen-bond acceptors (Lipinski definition) is 2. The van der Waals surface area contributed by atoms with E-state index in [1.54, 1.807) is 13.0 Å². The van der Waals surface area contributed by atoms with Gasteiger partial charge in [0.2, 0.25) is 0 Å². The molecule has 94 valence electrons. The predicted molar refractivity (Wildman–Crippen MR) is 73.2 cm³/mol. The number of allylic oxidation sites excluding steroid dienone is 2. The van der Waals surface area contributed by atoms with Crippen LogP contribution in [-0.2, 0) is 9.53 Å². The predicted octanol–water partition coefficient (Wildman–Crippen LogP) is 3.70. The number of rotatable bonds is 4. The highest BCUT2D eigenvalue weighted by atomic mass is 16.5. The lowest BCUT2D eigenvalue weighted by molar-refractivity contribution is -0.137. The maximum absolute atomic E-state index is 11.2. The average Bonchev–Trinajstić information content (AvgIpc) is 2.91. The number of carbonyl (C=O) groups is 1. The molecule has 0 radical (unpaired) electrons. The summed E-state index contributed by atoms with van der Waals surface area (Å²) in [7, 11) is 0. The number of carbonyl (C=O) groups excluding carboxylic acids is 1. The van der Waals surface area contributed by atoms with Crippen LogP contribution >= 0.6 is 0 Å². The molecule has 0 saturated heterocycles. The second-order valence-electron chi connectivity index (χ2n) is 4.36. The zero-order valence-electron chi connectivity index (χ0n) is 10.6. The maximum Gasteiger partial charge on any atom is 0.330 e. The van der Waals surface area contributed by atoms with Gasteiger partial charge in [0.05, 0.1) is 6.61 Å². The van der Waals surface area contributed by atoms with Gasteiger partial charge in [-0.2, -0.15) is 0 Å². The van der Waals surface area contributed by atoms with E-state index in [9.17, 15) is 4.79 Å². The number of hydrogen-bond donors (Lipinski definition) is 0. The van der Waals surface area contributed by atoms with Crippen LogP contribution in [0.5, 0.6) is 0 Å². The van der Waals surface area contributed by atoms with Crippen molar-refractivity contribution in [1.82, 2.24) is 0 Å². The van der Waals surface area contributed by atoms with Crippen molar-refractivity contribution in [2.75, 3.05) is 6.61 Å². The summed E-state index contributed by atoms with van der Waals surface area (Å²) in [6.45, 7) is 2.21. The van der Waals surface area contributed by atoms with Crippen LogP contribution in [0.15, 0.2) is 42.5 Å². The van der Waals surface area contributed by atoms with E-state index in [4.69, 9.17) is 4.74 Å². The monoisotopic (exact) mass is 242 g/mol. The minimum Gasteiger partial charge on any atom is -0.463 e. The van der Waals surface area contributed by atoms with Crippen molar-refractivity contribution < 1.29 is 9.53 Å². The first-order valence-electron chi connectivity index (χ1n) is 6.41. The van der Waals surface area contributed by atoms with Crippen molar-refractivity contribution in [2.24, 2.45) is 0 Å². The number of ether oxygens (including phenoxy) is 1. The van der Waals surface area contributed by atoms with Crippen LogP contribution in [0.3, 0.4) is 0 Å². The molecule has 0 fully saturated rings. The van der Waals surface area contributed by atoms with Gasteiger partial charge >= 0.3 is 5.97 Å². The highest BCUT2D eigenvalue weighted by Crippen LogP contribution is 2.28. The van der Waals surface area contributed by atoms with Gasteiger partial charge in [-0.05, 0) is 37.0 Å². The van der Waals surface area contributed by atoms with Gasteiger partial charge in [-0.25, -0.2) is 4.79 Å². The number of benzene rings is 1. The van der Waals surface area contributed by atoms with E-state index in [1.807, 2.05) is 12.1 Å². The molecule has 18 heavy (non-hydrogen) atoms. The highest BCUT2D eigenvalue weighted by molar-refractivity contribution is 5.87. The van der Waals surface area contributed by atoms with E-state index in [0.717, 1.165) is 5.56 Å².